The first-order valence-electron chi connectivity index (χ1n) is 7.37. The second kappa shape index (κ2) is 7.48. The van der Waals surface area contributed by atoms with Crippen LogP contribution in [-0.2, 0) is 10.0 Å². The van der Waals surface area contributed by atoms with E-state index in [0.29, 0.717) is 23.4 Å². The molecule has 0 amide bonds. The van der Waals surface area contributed by atoms with E-state index in [1.807, 2.05) is 19.1 Å². The molecule has 1 unspecified atom stereocenters. The van der Waals surface area contributed by atoms with E-state index in [9.17, 15) is 13.5 Å². The number of nitrogens with one attached hydrogen (secondary N) is 1. The molecule has 6 heteroatoms. The molecule has 124 valence electrons. The lowest BCUT2D eigenvalue weighted by molar-refractivity contribution is 0.220. The van der Waals surface area contributed by atoms with Crippen molar-refractivity contribution in [2.75, 3.05) is 17.6 Å². The number of ether oxygens (including phenoxy) is 1. The van der Waals surface area contributed by atoms with E-state index in [1.54, 1.807) is 36.4 Å². The Morgan fingerprint density at radius 1 is 1.13 bits per heavy atom. The summed E-state index contributed by atoms with van der Waals surface area (Å²) < 4.78 is 30.5. The number of hydrogen-bond acceptors (Lipinski definition) is 4. The molecule has 5 nitrogen and oxygen atoms in total. The van der Waals surface area contributed by atoms with E-state index in [1.165, 1.54) is 0 Å². The number of aliphatic hydroxyl groups is 1. The SMILES string of the molecule is CCCOc1ccc(C(O)c2cccc(NS(C)(=O)=O)c2)cc1. The number of sulfonamides is 1. The third-order valence-corrected chi connectivity index (χ3v) is 3.78. The van der Waals surface area contributed by atoms with E-state index >= 15 is 0 Å². The summed E-state index contributed by atoms with van der Waals surface area (Å²) in [5, 5.41) is 10.5. The Morgan fingerprint density at radius 2 is 1.83 bits per heavy atom. The smallest absolute Gasteiger partial charge is 0.229 e. The van der Waals surface area contributed by atoms with Gasteiger partial charge in [-0.15, -0.1) is 0 Å². The van der Waals surface area contributed by atoms with Crippen molar-refractivity contribution in [3.05, 3.63) is 59.7 Å². The van der Waals surface area contributed by atoms with Crippen molar-refractivity contribution in [3.63, 3.8) is 0 Å². The minimum Gasteiger partial charge on any atom is -0.494 e. The quantitative estimate of drug-likeness (QED) is 0.816. The van der Waals surface area contributed by atoms with Crippen molar-refractivity contribution in [2.24, 2.45) is 0 Å². The predicted molar refractivity (Wildman–Crippen MR) is 91.2 cm³/mol. The van der Waals surface area contributed by atoms with Gasteiger partial charge in [0.15, 0.2) is 0 Å². The highest BCUT2D eigenvalue weighted by Gasteiger charge is 2.12. The molecule has 0 spiro atoms. The number of hydrogen-bond donors (Lipinski definition) is 2. The summed E-state index contributed by atoms with van der Waals surface area (Å²) in [5.74, 6) is 0.760. The Kier molecular flexibility index (Phi) is 5.63. The van der Waals surface area contributed by atoms with Gasteiger partial charge in [-0.1, -0.05) is 31.2 Å². The molecule has 0 aliphatic rings. The van der Waals surface area contributed by atoms with Crippen molar-refractivity contribution in [1.82, 2.24) is 0 Å². The van der Waals surface area contributed by atoms with E-state index in [-0.39, 0.29) is 0 Å². The second-order valence-corrected chi connectivity index (χ2v) is 7.07. The molecule has 0 saturated carbocycles. The van der Waals surface area contributed by atoms with Gasteiger partial charge >= 0.3 is 0 Å². The zero-order valence-electron chi connectivity index (χ0n) is 13.2. The van der Waals surface area contributed by atoms with Crippen LogP contribution in [-0.4, -0.2) is 26.4 Å². The first-order valence-corrected chi connectivity index (χ1v) is 9.27. The van der Waals surface area contributed by atoms with Gasteiger partial charge in [-0.25, -0.2) is 8.42 Å². The Balaban J connectivity index is 2.16. The molecule has 0 aliphatic heterocycles. The van der Waals surface area contributed by atoms with Crippen molar-refractivity contribution in [2.45, 2.75) is 19.4 Å². The molecule has 0 saturated heterocycles. The van der Waals surface area contributed by atoms with Gasteiger partial charge in [-0.3, -0.25) is 4.72 Å². The van der Waals surface area contributed by atoms with Crippen LogP contribution in [0.5, 0.6) is 5.75 Å². The van der Waals surface area contributed by atoms with E-state index in [4.69, 9.17) is 4.74 Å². The highest BCUT2D eigenvalue weighted by molar-refractivity contribution is 7.92. The standard InChI is InChI=1S/C17H21NO4S/c1-3-11-22-16-9-7-13(8-10-16)17(19)14-5-4-6-15(12-14)18-23(2,20)21/h4-10,12,17-19H,3,11H2,1-2H3. The van der Waals surface area contributed by atoms with Gasteiger partial charge < -0.3 is 9.84 Å². The van der Waals surface area contributed by atoms with Crippen LogP contribution < -0.4 is 9.46 Å². The van der Waals surface area contributed by atoms with Crippen molar-refractivity contribution in [1.29, 1.82) is 0 Å². The van der Waals surface area contributed by atoms with Crippen molar-refractivity contribution >= 4 is 15.7 Å². The minimum absolute atomic E-state index is 0.423. The van der Waals surface area contributed by atoms with Gasteiger partial charge in [-0.05, 0) is 41.8 Å². The lowest BCUT2D eigenvalue weighted by atomic mass is 10.0. The molecule has 23 heavy (non-hydrogen) atoms. The average Bonchev–Trinajstić information content (AvgIpc) is 2.51. The van der Waals surface area contributed by atoms with Crippen molar-refractivity contribution in [3.8, 4) is 5.75 Å². The van der Waals surface area contributed by atoms with Crippen LogP contribution in [0.15, 0.2) is 48.5 Å². The molecule has 0 aliphatic carbocycles. The van der Waals surface area contributed by atoms with Gasteiger partial charge in [-0.2, -0.15) is 0 Å². The first kappa shape index (κ1) is 17.3. The van der Waals surface area contributed by atoms with Gasteiger partial charge in [0, 0.05) is 5.69 Å². The molecule has 1 atom stereocenters. The van der Waals surface area contributed by atoms with Crippen LogP contribution in [0.2, 0.25) is 0 Å². The number of aliphatic hydroxyl groups excluding tert-OH is 1. The average molecular weight is 335 g/mol. The summed E-state index contributed by atoms with van der Waals surface area (Å²) in [6.07, 6.45) is 1.19. The predicted octanol–water partition coefficient (Wildman–Crippen LogP) is 2.93. The zero-order valence-corrected chi connectivity index (χ0v) is 14.0. The summed E-state index contributed by atoms with van der Waals surface area (Å²) in [4.78, 5) is 0. The summed E-state index contributed by atoms with van der Waals surface area (Å²) in [5.41, 5.74) is 1.75. The van der Waals surface area contributed by atoms with E-state index in [2.05, 4.69) is 4.72 Å². The van der Waals surface area contributed by atoms with Crippen LogP contribution in [0, 0.1) is 0 Å². The van der Waals surface area contributed by atoms with Crippen LogP contribution >= 0.6 is 0 Å². The molecule has 0 heterocycles. The maximum Gasteiger partial charge on any atom is 0.229 e. The van der Waals surface area contributed by atoms with E-state index in [0.717, 1.165) is 18.4 Å². The molecular formula is C17H21NO4S. The van der Waals surface area contributed by atoms with Crippen LogP contribution in [0.4, 0.5) is 5.69 Å². The maximum absolute atomic E-state index is 11.3. The molecule has 0 aromatic heterocycles. The minimum atomic E-state index is -3.35. The van der Waals surface area contributed by atoms with Gasteiger partial charge in [0.2, 0.25) is 10.0 Å². The molecular weight excluding hydrogens is 314 g/mol. The maximum atomic E-state index is 11.3. The molecule has 2 N–H and O–H groups in total. The van der Waals surface area contributed by atoms with Gasteiger partial charge in [0.1, 0.15) is 11.9 Å². The second-order valence-electron chi connectivity index (χ2n) is 5.32. The monoisotopic (exact) mass is 335 g/mol. The van der Waals surface area contributed by atoms with Gasteiger partial charge in [0.05, 0.1) is 12.9 Å². The highest BCUT2D eigenvalue weighted by Crippen LogP contribution is 2.26. The normalized spacial score (nSPS) is 12.7. The van der Waals surface area contributed by atoms with Gasteiger partial charge in [0.25, 0.3) is 0 Å². The summed E-state index contributed by atoms with van der Waals surface area (Å²) >= 11 is 0. The molecule has 2 aromatic rings. The Morgan fingerprint density at radius 3 is 2.43 bits per heavy atom. The first-order chi connectivity index (χ1) is 10.9. The van der Waals surface area contributed by atoms with Crippen molar-refractivity contribution < 1.29 is 18.3 Å². The van der Waals surface area contributed by atoms with Crippen LogP contribution in [0.3, 0.4) is 0 Å². The zero-order chi connectivity index (χ0) is 16.9. The Hall–Kier alpha value is -2.05. The van der Waals surface area contributed by atoms with Crippen LogP contribution in [0.1, 0.15) is 30.6 Å². The molecule has 2 rings (SSSR count). The fraction of sp³-hybridized carbons (Fsp3) is 0.294. The molecule has 2 aromatic carbocycles. The molecule has 0 radical (unpaired) electrons. The molecule has 0 bridgehead atoms. The Labute approximate surface area is 137 Å². The lowest BCUT2D eigenvalue weighted by Gasteiger charge is -2.14. The third kappa shape index (κ3) is 5.26. The highest BCUT2D eigenvalue weighted by atomic mass is 32.2. The van der Waals surface area contributed by atoms with Crippen LogP contribution in [0.25, 0.3) is 0 Å². The largest absolute Gasteiger partial charge is 0.494 e. The fourth-order valence-corrected chi connectivity index (χ4v) is 2.70. The Bertz CT molecular complexity index is 741. The topological polar surface area (TPSA) is 75.6 Å². The fourth-order valence-electron chi connectivity index (χ4n) is 2.15. The lowest BCUT2D eigenvalue weighted by Crippen LogP contribution is -2.10. The third-order valence-electron chi connectivity index (χ3n) is 3.17. The number of anilines is 1. The summed E-state index contributed by atoms with van der Waals surface area (Å²) in [7, 11) is -3.35. The number of rotatable bonds is 7. The van der Waals surface area contributed by atoms with E-state index < -0.39 is 16.1 Å². The number of benzene rings is 2. The summed E-state index contributed by atoms with van der Waals surface area (Å²) in [6.45, 7) is 2.69. The summed E-state index contributed by atoms with van der Waals surface area (Å²) in [6, 6.07) is 13.9. The molecule has 0 fully saturated rings.